The molecular formula is C14H16N2O2S. The highest BCUT2D eigenvalue weighted by atomic mass is 32.2. The normalized spacial score (nSPS) is 22.9. The second kappa shape index (κ2) is 4.89. The summed E-state index contributed by atoms with van der Waals surface area (Å²) in [6, 6.07) is 7.57. The summed E-state index contributed by atoms with van der Waals surface area (Å²) in [5, 5.41) is 0. The standard InChI is InChI=1S/C14H16N2O2S/c1-19-11-6-4-10(5-7-11)16-9-13(17)15-8-2-3-12(15)14(16)18/h4-7,12H,2-3,8-9H2,1H3. The Kier molecular flexibility index (Phi) is 3.22. The Balaban J connectivity index is 1.87. The number of carbonyl (C=O) groups excluding carboxylic acids is 2. The van der Waals surface area contributed by atoms with Crippen molar-refractivity contribution in [2.24, 2.45) is 0 Å². The zero-order valence-corrected chi connectivity index (χ0v) is 11.7. The molecule has 0 spiro atoms. The predicted molar refractivity (Wildman–Crippen MR) is 75.3 cm³/mol. The summed E-state index contributed by atoms with van der Waals surface area (Å²) in [5.41, 5.74) is 0.822. The monoisotopic (exact) mass is 276 g/mol. The van der Waals surface area contributed by atoms with Crippen molar-refractivity contribution in [3.05, 3.63) is 24.3 Å². The zero-order valence-electron chi connectivity index (χ0n) is 10.8. The summed E-state index contributed by atoms with van der Waals surface area (Å²) in [6.45, 7) is 0.905. The maximum absolute atomic E-state index is 12.4. The van der Waals surface area contributed by atoms with Gasteiger partial charge < -0.3 is 9.80 Å². The molecule has 4 nitrogen and oxygen atoms in total. The molecule has 100 valence electrons. The van der Waals surface area contributed by atoms with Crippen LogP contribution < -0.4 is 4.90 Å². The van der Waals surface area contributed by atoms with E-state index in [1.165, 1.54) is 0 Å². The van der Waals surface area contributed by atoms with Crippen LogP contribution in [0.25, 0.3) is 0 Å². The summed E-state index contributed by atoms with van der Waals surface area (Å²) in [5.74, 6) is 0.130. The first kappa shape index (κ1) is 12.5. The molecule has 1 atom stereocenters. The molecule has 0 radical (unpaired) electrons. The van der Waals surface area contributed by atoms with Crippen molar-refractivity contribution in [3.63, 3.8) is 0 Å². The van der Waals surface area contributed by atoms with Gasteiger partial charge >= 0.3 is 0 Å². The fourth-order valence-corrected chi connectivity index (χ4v) is 3.19. The average molecular weight is 276 g/mol. The van der Waals surface area contributed by atoms with Gasteiger partial charge in [0.1, 0.15) is 12.6 Å². The van der Waals surface area contributed by atoms with Gasteiger partial charge in [-0.1, -0.05) is 0 Å². The molecule has 1 unspecified atom stereocenters. The largest absolute Gasteiger partial charge is 0.329 e. The second-order valence-corrected chi connectivity index (χ2v) is 5.75. The minimum absolute atomic E-state index is 0.0639. The number of nitrogens with zero attached hydrogens (tertiary/aromatic N) is 2. The summed E-state index contributed by atoms with van der Waals surface area (Å²) in [7, 11) is 0. The van der Waals surface area contributed by atoms with Crippen LogP contribution in [0.1, 0.15) is 12.8 Å². The van der Waals surface area contributed by atoms with Crippen molar-refractivity contribution < 1.29 is 9.59 Å². The van der Waals surface area contributed by atoms with E-state index in [9.17, 15) is 9.59 Å². The molecule has 5 heteroatoms. The lowest BCUT2D eigenvalue weighted by Crippen LogP contribution is -2.57. The molecule has 0 aliphatic carbocycles. The van der Waals surface area contributed by atoms with E-state index in [1.807, 2.05) is 30.5 Å². The number of hydrogen-bond acceptors (Lipinski definition) is 3. The Morgan fingerprint density at radius 1 is 1.21 bits per heavy atom. The first-order valence-electron chi connectivity index (χ1n) is 6.45. The number of rotatable bonds is 2. The van der Waals surface area contributed by atoms with Crippen LogP contribution in [0.2, 0.25) is 0 Å². The fraction of sp³-hybridized carbons (Fsp3) is 0.429. The minimum Gasteiger partial charge on any atom is -0.329 e. The number of fused-ring (bicyclic) bond motifs is 1. The molecule has 2 heterocycles. The fourth-order valence-electron chi connectivity index (χ4n) is 2.79. The number of thioether (sulfide) groups is 1. The molecular weight excluding hydrogens is 260 g/mol. The predicted octanol–water partition coefficient (Wildman–Crippen LogP) is 1.75. The molecule has 0 bridgehead atoms. The molecule has 2 fully saturated rings. The number of benzene rings is 1. The van der Waals surface area contributed by atoms with E-state index < -0.39 is 0 Å². The van der Waals surface area contributed by atoms with Crippen LogP contribution in [-0.4, -0.2) is 42.1 Å². The van der Waals surface area contributed by atoms with Gasteiger partial charge in [0.2, 0.25) is 11.8 Å². The number of carbonyl (C=O) groups is 2. The Morgan fingerprint density at radius 3 is 2.63 bits per heavy atom. The highest BCUT2D eigenvalue weighted by Crippen LogP contribution is 2.28. The molecule has 0 N–H and O–H groups in total. The van der Waals surface area contributed by atoms with E-state index in [-0.39, 0.29) is 24.4 Å². The van der Waals surface area contributed by atoms with Gasteiger partial charge in [0, 0.05) is 17.1 Å². The summed E-state index contributed by atoms with van der Waals surface area (Å²) in [6.07, 6.45) is 3.74. The molecule has 2 aliphatic rings. The van der Waals surface area contributed by atoms with Gasteiger partial charge in [0.25, 0.3) is 0 Å². The highest BCUT2D eigenvalue weighted by Gasteiger charge is 2.42. The van der Waals surface area contributed by atoms with E-state index >= 15 is 0 Å². The third-order valence-electron chi connectivity index (χ3n) is 3.80. The maximum atomic E-state index is 12.4. The molecule has 2 saturated heterocycles. The van der Waals surface area contributed by atoms with Gasteiger partial charge in [-0.3, -0.25) is 9.59 Å². The minimum atomic E-state index is -0.235. The van der Waals surface area contributed by atoms with Crippen molar-refractivity contribution in [1.82, 2.24) is 4.90 Å². The van der Waals surface area contributed by atoms with Gasteiger partial charge in [0.05, 0.1) is 0 Å². The van der Waals surface area contributed by atoms with Crippen molar-refractivity contribution in [1.29, 1.82) is 0 Å². The number of anilines is 1. The van der Waals surface area contributed by atoms with Crippen LogP contribution >= 0.6 is 11.8 Å². The first-order chi connectivity index (χ1) is 9.20. The zero-order chi connectivity index (χ0) is 13.4. The lowest BCUT2D eigenvalue weighted by Gasteiger charge is -2.36. The Bertz CT molecular complexity index is 515. The van der Waals surface area contributed by atoms with Gasteiger partial charge in [0.15, 0.2) is 0 Å². The summed E-state index contributed by atoms with van der Waals surface area (Å²) < 4.78 is 0. The van der Waals surface area contributed by atoms with Gasteiger partial charge in [-0.05, 0) is 43.4 Å². The molecule has 0 aromatic heterocycles. The number of hydrogen-bond donors (Lipinski definition) is 0. The quantitative estimate of drug-likeness (QED) is 0.773. The number of amides is 2. The van der Waals surface area contributed by atoms with E-state index in [0.717, 1.165) is 30.0 Å². The van der Waals surface area contributed by atoms with E-state index in [1.54, 1.807) is 21.6 Å². The average Bonchev–Trinajstić information content (AvgIpc) is 2.93. The summed E-state index contributed by atoms with van der Waals surface area (Å²) in [4.78, 5) is 29.0. The molecule has 19 heavy (non-hydrogen) atoms. The lowest BCUT2D eigenvalue weighted by molar-refractivity contribution is -0.140. The molecule has 1 aromatic carbocycles. The molecule has 2 aliphatic heterocycles. The van der Waals surface area contributed by atoms with Crippen molar-refractivity contribution in [2.75, 3.05) is 24.2 Å². The van der Waals surface area contributed by atoms with Crippen LogP contribution in [0.15, 0.2) is 29.2 Å². The molecule has 3 rings (SSSR count). The van der Waals surface area contributed by atoms with Crippen LogP contribution in [-0.2, 0) is 9.59 Å². The molecule has 2 amide bonds. The van der Waals surface area contributed by atoms with Crippen LogP contribution in [0, 0.1) is 0 Å². The molecule has 0 saturated carbocycles. The van der Waals surface area contributed by atoms with Crippen molar-refractivity contribution in [2.45, 2.75) is 23.8 Å². The Hall–Kier alpha value is -1.49. The van der Waals surface area contributed by atoms with Gasteiger partial charge in [-0.15, -0.1) is 11.8 Å². The Morgan fingerprint density at radius 2 is 1.95 bits per heavy atom. The van der Waals surface area contributed by atoms with Crippen LogP contribution in [0.5, 0.6) is 0 Å². The SMILES string of the molecule is CSc1ccc(N2CC(=O)N3CCCC3C2=O)cc1. The highest BCUT2D eigenvalue weighted by molar-refractivity contribution is 7.98. The number of piperazine rings is 1. The maximum Gasteiger partial charge on any atom is 0.250 e. The summed E-state index contributed by atoms with van der Waals surface area (Å²) >= 11 is 1.66. The van der Waals surface area contributed by atoms with E-state index in [0.29, 0.717) is 0 Å². The van der Waals surface area contributed by atoms with E-state index in [2.05, 4.69) is 0 Å². The molecule has 1 aromatic rings. The first-order valence-corrected chi connectivity index (χ1v) is 7.68. The Labute approximate surface area is 116 Å². The van der Waals surface area contributed by atoms with Gasteiger partial charge in [-0.25, -0.2) is 0 Å². The van der Waals surface area contributed by atoms with Crippen molar-refractivity contribution in [3.8, 4) is 0 Å². The van der Waals surface area contributed by atoms with Crippen LogP contribution in [0.3, 0.4) is 0 Å². The lowest BCUT2D eigenvalue weighted by atomic mass is 10.1. The van der Waals surface area contributed by atoms with Crippen molar-refractivity contribution >= 4 is 29.3 Å². The second-order valence-electron chi connectivity index (χ2n) is 4.87. The van der Waals surface area contributed by atoms with Crippen LogP contribution in [0.4, 0.5) is 5.69 Å². The third kappa shape index (κ3) is 2.12. The third-order valence-corrected chi connectivity index (χ3v) is 4.55. The smallest absolute Gasteiger partial charge is 0.250 e. The van der Waals surface area contributed by atoms with E-state index in [4.69, 9.17) is 0 Å². The van der Waals surface area contributed by atoms with Gasteiger partial charge in [-0.2, -0.15) is 0 Å². The topological polar surface area (TPSA) is 40.6 Å².